The summed E-state index contributed by atoms with van der Waals surface area (Å²) in [5.41, 5.74) is 4.34. The SMILES string of the molecule is FC1=CC=NNN1. The minimum atomic E-state index is -0.421. The van der Waals surface area contributed by atoms with Crippen molar-refractivity contribution in [1.82, 2.24) is 11.0 Å². The van der Waals surface area contributed by atoms with Crippen LogP contribution in [0.4, 0.5) is 4.39 Å². The first kappa shape index (κ1) is 4.11. The van der Waals surface area contributed by atoms with Crippen LogP contribution in [0.2, 0.25) is 0 Å². The van der Waals surface area contributed by atoms with Crippen molar-refractivity contribution >= 4 is 6.21 Å². The van der Waals surface area contributed by atoms with Crippen LogP contribution in [0.25, 0.3) is 0 Å². The van der Waals surface area contributed by atoms with E-state index in [1.54, 1.807) is 0 Å². The molecule has 7 heavy (non-hydrogen) atoms. The van der Waals surface area contributed by atoms with Crippen LogP contribution >= 0.6 is 0 Å². The molecule has 0 atom stereocenters. The topological polar surface area (TPSA) is 36.4 Å². The van der Waals surface area contributed by atoms with Crippen LogP contribution in [0.5, 0.6) is 0 Å². The molecule has 4 heteroatoms. The summed E-state index contributed by atoms with van der Waals surface area (Å²) >= 11 is 0. The molecule has 0 unspecified atom stereocenters. The van der Waals surface area contributed by atoms with E-state index in [0.29, 0.717) is 0 Å². The third-order valence-corrected chi connectivity index (χ3v) is 0.535. The van der Waals surface area contributed by atoms with Gasteiger partial charge < -0.3 is 0 Å². The normalized spacial score (nSPS) is 17.0. The summed E-state index contributed by atoms with van der Waals surface area (Å²) < 4.78 is 11.8. The van der Waals surface area contributed by atoms with E-state index < -0.39 is 5.95 Å². The molecule has 0 spiro atoms. The van der Waals surface area contributed by atoms with E-state index >= 15 is 0 Å². The molecule has 0 aliphatic carbocycles. The summed E-state index contributed by atoms with van der Waals surface area (Å²) in [6, 6.07) is 0. The fourth-order valence-corrected chi connectivity index (χ4v) is 0.267. The van der Waals surface area contributed by atoms with Gasteiger partial charge in [0.25, 0.3) is 0 Å². The lowest BCUT2D eigenvalue weighted by molar-refractivity contribution is 0.480. The summed E-state index contributed by atoms with van der Waals surface area (Å²) in [5, 5.41) is 3.42. The van der Waals surface area contributed by atoms with Crippen molar-refractivity contribution in [1.29, 1.82) is 0 Å². The Morgan fingerprint density at radius 2 is 2.57 bits per heavy atom. The van der Waals surface area contributed by atoms with Gasteiger partial charge in [0.2, 0.25) is 5.95 Å². The molecule has 1 rings (SSSR count). The first-order valence-electron chi connectivity index (χ1n) is 1.79. The number of halogens is 1. The Hall–Kier alpha value is -1.06. The maximum absolute atomic E-state index is 11.8. The van der Waals surface area contributed by atoms with Crippen LogP contribution in [0.15, 0.2) is 17.1 Å². The molecule has 0 saturated heterocycles. The molecular weight excluding hydrogens is 97.1 g/mol. The van der Waals surface area contributed by atoms with Gasteiger partial charge >= 0.3 is 0 Å². The molecule has 0 aromatic rings. The lowest BCUT2D eigenvalue weighted by Crippen LogP contribution is -2.26. The molecule has 2 N–H and O–H groups in total. The van der Waals surface area contributed by atoms with Gasteiger partial charge in [-0.2, -0.15) is 9.49 Å². The fraction of sp³-hybridized carbons (Fsp3) is 0. The van der Waals surface area contributed by atoms with Gasteiger partial charge in [-0.3, -0.25) is 5.43 Å². The van der Waals surface area contributed by atoms with Gasteiger partial charge in [-0.05, 0) is 0 Å². The van der Waals surface area contributed by atoms with E-state index in [0.717, 1.165) is 0 Å². The Labute approximate surface area is 39.9 Å². The predicted molar refractivity (Wildman–Crippen MR) is 24.0 cm³/mol. The number of hydrogen-bond acceptors (Lipinski definition) is 3. The average molecular weight is 101 g/mol. The molecule has 0 radical (unpaired) electrons. The second kappa shape index (κ2) is 1.59. The van der Waals surface area contributed by atoms with Gasteiger partial charge in [0.1, 0.15) is 0 Å². The Balaban J connectivity index is 2.57. The summed E-state index contributed by atoms with van der Waals surface area (Å²) in [6.45, 7) is 0. The Morgan fingerprint density at radius 1 is 1.71 bits per heavy atom. The van der Waals surface area contributed by atoms with Gasteiger partial charge in [-0.25, -0.2) is 5.53 Å². The first-order valence-corrected chi connectivity index (χ1v) is 1.79. The highest BCUT2D eigenvalue weighted by Gasteiger charge is 1.89. The number of hydrogen-bond donors (Lipinski definition) is 2. The number of nitrogens with zero attached hydrogens (tertiary/aromatic N) is 1. The summed E-state index contributed by atoms with van der Waals surface area (Å²) in [5.74, 6) is -0.421. The number of hydrazine groups is 1. The summed E-state index contributed by atoms with van der Waals surface area (Å²) in [4.78, 5) is 0. The van der Waals surface area contributed by atoms with E-state index in [2.05, 4.69) is 16.1 Å². The first-order chi connectivity index (χ1) is 3.39. The summed E-state index contributed by atoms with van der Waals surface area (Å²) in [7, 11) is 0. The van der Waals surface area contributed by atoms with Crippen molar-refractivity contribution < 1.29 is 4.39 Å². The molecule has 0 saturated carbocycles. The van der Waals surface area contributed by atoms with Crippen LogP contribution in [-0.2, 0) is 0 Å². The minimum Gasteiger partial charge on any atom is -0.260 e. The van der Waals surface area contributed by atoms with Crippen molar-refractivity contribution in [2.24, 2.45) is 5.10 Å². The third-order valence-electron chi connectivity index (χ3n) is 0.535. The van der Waals surface area contributed by atoms with Crippen molar-refractivity contribution in [2.75, 3.05) is 0 Å². The zero-order chi connectivity index (χ0) is 5.11. The van der Waals surface area contributed by atoms with E-state index in [1.165, 1.54) is 12.3 Å². The molecule has 1 aliphatic heterocycles. The third kappa shape index (κ3) is 0.887. The second-order valence-corrected chi connectivity index (χ2v) is 1.03. The Morgan fingerprint density at radius 3 is 2.86 bits per heavy atom. The highest BCUT2D eigenvalue weighted by Crippen LogP contribution is 1.86. The van der Waals surface area contributed by atoms with E-state index in [9.17, 15) is 4.39 Å². The van der Waals surface area contributed by atoms with Crippen molar-refractivity contribution in [3.63, 3.8) is 0 Å². The molecule has 0 fully saturated rings. The van der Waals surface area contributed by atoms with Gasteiger partial charge in [-0.15, -0.1) is 0 Å². The quantitative estimate of drug-likeness (QED) is 0.418. The lowest BCUT2D eigenvalue weighted by Gasteiger charge is -2.02. The van der Waals surface area contributed by atoms with E-state index in [-0.39, 0.29) is 0 Å². The van der Waals surface area contributed by atoms with Crippen LogP contribution in [0.3, 0.4) is 0 Å². The van der Waals surface area contributed by atoms with Crippen molar-refractivity contribution in [2.45, 2.75) is 0 Å². The molecule has 0 aromatic carbocycles. The highest BCUT2D eigenvalue weighted by atomic mass is 19.1. The van der Waals surface area contributed by atoms with Gasteiger partial charge in [0.05, 0.1) is 6.21 Å². The Bertz CT molecular complexity index is 117. The van der Waals surface area contributed by atoms with Gasteiger partial charge in [0, 0.05) is 6.08 Å². The minimum absolute atomic E-state index is 0.421. The van der Waals surface area contributed by atoms with Crippen molar-refractivity contribution in [3.05, 3.63) is 12.0 Å². The molecular formula is C3H4FN3. The summed E-state index contributed by atoms with van der Waals surface area (Å²) in [6.07, 6.45) is 2.54. The van der Waals surface area contributed by atoms with Crippen molar-refractivity contribution in [3.8, 4) is 0 Å². The maximum atomic E-state index is 11.8. The molecule has 1 aliphatic rings. The van der Waals surface area contributed by atoms with Crippen LogP contribution in [0.1, 0.15) is 0 Å². The molecule has 0 amide bonds. The fourth-order valence-electron chi connectivity index (χ4n) is 0.267. The number of rotatable bonds is 0. The monoisotopic (exact) mass is 101 g/mol. The highest BCUT2D eigenvalue weighted by molar-refractivity contribution is 5.71. The molecule has 0 bridgehead atoms. The standard InChI is InChI=1S/C3H4FN3/c4-3-1-2-5-7-6-3/h1-2,6-7H. The number of allylic oxidation sites excluding steroid dienone is 1. The lowest BCUT2D eigenvalue weighted by atomic mass is 10.6. The number of hydrazone groups is 1. The number of nitrogens with one attached hydrogen (secondary N) is 2. The van der Waals surface area contributed by atoms with E-state index in [1.807, 2.05) is 0 Å². The Kier molecular flexibility index (Phi) is 0.934. The maximum Gasteiger partial charge on any atom is 0.208 e. The molecule has 0 aromatic heterocycles. The zero-order valence-corrected chi connectivity index (χ0v) is 3.48. The van der Waals surface area contributed by atoms with Crippen LogP contribution < -0.4 is 11.0 Å². The second-order valence-electron chi connectivity index (χ2n) is 1.03. The molecule has 1 heterocycles. The average Bonchev–Trinajstić information content (AvgIpc) is 1.69. The largest absolute Gasteiger partial charge is 0.260 e. The van der Waals surface area contributed by atoms with Crippen LogP contribution in [-0.4, -0.2) is 6.21 Å². The smallest absolute Gasteiger partial charge is 0.208 e. The van der Waals surface area contributed by atoms with Crippen LogP contribution in [0, 0.1) is 0 Å². The predicted octanol–water partition coefficient (Wildman–Crippen LogP) is -0.109. The molecule has 3 nitrogen and oxygen atoms in total. The van der Waals surface area contributed by atoms with E-state index in [4.69, 9.17) is 0 Å². The van der Waals surface area contributed by atoms with Gasteiger partial charge in [0.15, 0.2) is 0 Å². The van der Waals surface area contributed by atoms with Gasteiger partial charge in [-0.1, -0.05) is 0 Å². The zero-order valence-electron chi connectivity index (χ0n) is 3.48. The molecule has 38 valence electrons.